The van der Waals surface area contributed by atoms with Gasteiger partial charge in [-0.05, 0) is 28.3 Å². The number of thioether (sulfide) groups is 1. The summed E-state index contributed by atoms with van der Waals surface area (Å²) in [6.45, 7) is 0. The van der Waals surface area contributed by atoms with E-state index in [-0.39, 0.29) is 12.1 Å². The highest BCUT2D eigenvalue weighted by Gasteiger charge is 2.54. The third-order valence-electron chi connectivity index (χ3n) is 8.46. The second kappa shape index (κ2) is 15.0. The number of hydrogen-bond acceptors (Lipinski definition) is 9. The number of thiazole rings is 1. The molecule has 3 atom stereocenters. The lowest BCUT2D eigenvalue weighted by Gasteiger charge is -2.49. The zero-order chi connectivity index (χ0) is 35.4. The number of nitrogens with zero attached hydrogens (tertiary/aromatic N) is 4. The number of aliphatic carboxylic acids is 1. The van der Waals surface area contributed by atoms with Crippen molar-refractivity contribution in [2.75, 3.05) is 12.9 Å². The Hall–Kier alpha value is -5.15. The minimum Gasteiger partial charge on any atom is -0.477 e. The third kappa shape index (κ3) is 6.82. The lowest BCUT2D eigenvalue weighted by atomic mass is 9.77. The molecule has 0 radical (unpaired) electrons. The normalized spacial score (nSPS) is 21.0. The molecule has 1 aromatic heterocycles. The lowest BCUT2D eigenvalue weighted by molar-refractivity contribution is -0.150. The molecule has 1 fully saturated rings. The Morgan fingerprint density at radius 1 is 1.04 bits per heavy atom. The van der Waals surface area contributed by atoms with E-state index in [4.69, 9.17) is 9.83 Å². The highest BCUT2D eigenvalue weighted by atomic mass is 32.2. The van der Waals surface area contributed by atoms with Gasteiger partial charge < -0.3 is 15.7 Å². The van der Waals surface area contributed by atoms with E-state index in [0.29, 0.717) is 22.2 Å². The molecule has 2 amide bonds. The van der Waals surface area contributed by atoms with Gasteiger partial charge >= 0.3 is 5.97 Å². The number of aromatic nitrogens is 1. The van der Waals surface area contributed by atoms with Gasteiger partial charge in [0.1, 0.15) is 27.7 Å². The first-order chi connectivity index (χ1) is 24.9. The monoisotopic (exact) mass is 736 g/mol. The van der Waals surface area contributed by atoms with Crippen molar-refractivity contribution < 1.29 is 24.3 Å². The van der Waals surface area contributed by atoms with E-state index in [9.17, 15) is 19.5 Å². The quantitative estimate of drug-likeness (QED) is 0.105. The van der Waals surface area contributed by atoms with Gasteiger partial charge in [-0.2, -0.15) is 0 Å². The van der Waals surface area contributed by atoms with E-state index in [1.54, 1.807) is 18.3 Å². The predicted molar refractivity (Wildman–Crippen MR) is 200 cm³/mol. The van der Waals surface area contributed by atoms with E-state index >= 15 is 0 Å². The summed E-state index contributed by atoms with van der Waals surface area (Å²) >= 11 is 2.83. The number of carbonyl (C=O) groups excluding carboxylic acids is 2. The highest BCUT2D eigenvalue weighted by Crippen LogP contribution is 2.42. The number of allylic oxidation sites excluding steroid dienone is 1. The van der Waals surface area contributed by atoms with Crippen LogP contribution in [0.5, 0.6) is 0 Å². The number of rotatable bonds is 11. The lowest BCUT2D eigenvalue weighted by Crippen LogP contribution is -2.70. The van der Waals surface area contributed by atoms with Crippen molar-refractivity contribution in [2.24, 2.45) is 9.52 Å². The molecule has 0 spiro atoms. The third-order valence-corrected chi connectivity index (χ3v) is 11.9. The number of benzene rings is 3. The van der Waals surface area contributed by atoms with Crippen molar-refractivity contribution in [3.05, 3.63) is 153 Å². The molecule has 11 nitrogen and oxygen atoms in total. The summed E-state index contributed by atoms with van der Waals surface area (Å²) in [5, 5.41) is 20.5. The Bertz CT molecular complexity index is 2000. The summed E-state index contributed by atoms with van der Waals surface area (Å²) in [4.78, 5) is 55.1. The number of amides is 2. The molecule has 4 heterocycles. The summed E-state index contributed by atoms with van der Waals surface area (Å²) in [5.41, 5.74) is 2.85. The smallest absolute Gasteiger partial charge is 0.352 e. The standard InChI is InChI=1S/C37H32N6O5S3/c1-48-42-51-23-28(21-29(44)40-31-33(45)43-32(35(46)47)24(22-50-34(31)43)17-18-30-38-19-20-49-30)39-36(51)41-37(25-11-5-2-6-12-25,26-13-7-3-8-14-26)27-15-9-4-10-16-27/h2-20,23,31,34H,21-22H2,1H3,(H,39,41)(H,40,44)(H,46,47)/b18-17+. The van der Waals surface area contributed by atoms with Gasteiger partial charge in [0.05, 0.1) is 13.5 Å². The fourth-order valence-corrected chi connectivity index (χ4v) is 9.36. The molecule has 3 aliphatic heterocycles. The number of hydrogen-bond donors (Lipinski definition) is 3. The van der Waals surface area contributed by atoms with Crippen LogP contribution in [0, 0.1) is 0 Å². The highest BCUT2D eigenvalue weighted by molar-refractivity contribution is 8.05. The van der Waals surface area contributed by atoms with Gasteiger partial charge in [-0.15, -0.1) is 23.1 Å². The van der Waals surface area contributed by atoms with Gasteiger partial charge in [0.2, 0.25) is 5.91 Å². The minimum atomic E-state index is -1.20. The summed E-state index contributed by atoms with van der Waals surface area (Å²) in [5.74, 6) is -1.70. The summed E-state index contributed by atoms with van der Waals surface area (Å²) < 4.78 is 4.34. The molecule has 14 heteroatoms. The van der Waals surface area contributed by atoms with Crippen LogP contribution in [0.2, 0.25) is 0 Å². The molecule has 3 aromatic carbocycles. The number of carbonyl (C=O) groups is 3. The van der Waals surface area contributed by atoms with Crippen LogP contribution in [0.15, 0.2) is 141 Å². The van der Waals surface area contributed by atoms with Gasteiger partial charge in [-0.3, -0.25) is 14.5 Å². The molecule has 7 rings (SSSR count). The van der Waals surface area contributed by atoms with E-state index in [2.05, 4.69) is 20.1 Å². The zero-order valence-electron chi connectivity index (χ0n) is 27.2. The Morgan fingerprint density at radius 2 is 1.67 bits per heavy atom. The van der Waals surface area contributed by atoms with Crippen LogP contribution in [-0.4, -0.2) is 62.2 Å². The molecule has 258 valence electrons. The zero-order valence-corrected chi connectivity index (χ0v) is 29.7. The number of aliphatic imine (C=N–C) groups is 1. The van der Waals surface area contributed by atoms with Gasteiger partial charge in [-0.1, -0.05) is 102 Å². The van der Waals surface area contributed by atoms with Crippen LogP contribution < -0.4 is 10.6 Å². The summed E-state index contributed by atoms with van der Waals surface area (Å²) in [6.07, 6.45) is 5.01. The van der Waals surface area contributed by atoms with Crippen molar-refractivity contribution in [3.8, 4) is 0 Å². The first-order valence-corrected chi connectivity index (χ1v) is 19.1. The maximum Gasteiger partial charge on any atom is 0.352 e. The summed E-state index contributed by atoms with van der Waals surface area (Å²) in [7, 11) is 0.488. The maximum absolute atomic E-state index is 13.4. The Kier molecular flexibility index (Phi) is 10.1. The fraction of sp³-hybridized carbons (Fsp3) is 0.162. The SMILES string of the molecule is CO/N=S1\C=C(CC(=O)NC2C(=O)N3C(C(=O)O)=C(/C=C/c4nccs4)CSC23)NC1=NC(c1ccccc1)(c1ccccc1)c1ccccc1. The molecular formula is C37H32N6O5S3. The molecule has 51 heavy (non-hydrogen) atoms. The molecule has 3 aliphatic rings. The average molecular weight is 737 g/mol. The van der Waals surface area contributed by atoms with Crippen molar-refractivity contribution in [1.29, 1.82) is 0 Å². The van der Waals surface area contributed by atoms with Crippen LogP contribution in [-0.2, 0) is 35.5 Å². The van der Waals surface area contributed by atoms with Crippen molar-refractivity contribution in [2.45, 2.75) is 23.4 Å². The number of β-lactam (4-membered cyclic amide) rings is 1. The maximum atomic E-state index is 13.4. The van der Waals surface area contributed by atoms with Gasteiger partial charge in [-0.25, -0.2) is 19.6 Å². The second-order valence-electron chi connectivity index (χ2n) is 11.6. The van der Waals surface area contributed by atoms with Crippen LogP contribution >= 0.6 is 23.1 Å². The van der Waals surface area contributed by atoms with E-state index in [0.717, 1.165) is 21.7 Å². The molecule has 1 saturated heterocycles. The summed E-state index contributed by atoms with van der Waals surface area (Å²) in [6, 6.07) is 29.2. The molecule has 0 aliphatic carbocycles. The van der Waals surface area contributed by atoms with Crippen LogP contribution in [0.4, 0.5) is 0 Å². The van der Waals surface area contributed by atoms with Crippen LogP contribution in [0.1, 0.15) is 28.1 Å². The average Bonchev–Trinajstić information content (AvgIpc) is 3.82. The van der Waals surface area contributed by atoms with Gasteiger partial charge in [0.25, 0.3) is 5.91 Å². The van der Waals surface area contributed by atoms with Gasteiger partial charge in [0, 0.05) is 39.1 Å². The number of carboxylic acids is 1. The van der Waals surface area contributed by atoms with Crippen molar-refractivity contribution in [1.82, 2.24) is 20.5 Å². The van der Waals surface area contributed by atoms with Crippen LogP contribution in [0.25, 0.3) is 6.08 Å². The molecule has 0 saturated carbocycles. The van der Waals surface area contributed by atoms with E-state index < -0.39 is 45.4 Å². The molecule has 0 bridgehead atoms. The Labute approximate surface area is 304 Å². The first kappa shape index (κ1) is 34.3. The first-order valence-electron chi connectivity index (χ1n) is 15.9. The van der Waals surface area contributed by atoms with E-state index in [1.165, 1.54) is 35.1 Å². The molecule has 4 aromatic rings. The predicted octanol–water partition coefficient (Wildman–Crippen LogP) is 5.44. The topological polar surface area (TPSA) is 146 Å². The Balaban J connectivity index is 1.13. The largest absolute Gasteiger partial charge is 0.477 e. The van der Waals surface area contributed by atoms with Crippen molar-refractivity contribution >= 4 is 62.8 Å². The fourth-order valence-electron chi connectivity index (χ4n) is 6.25. The minimum absolute atomic E-state index is 0.0768. The van der Waals surface area contributed by atoms with E-state index in [1.807, 2.05) is 102 Å². The number of fused-ring (bicyclic) bond motifs is 1. The molecular weight excluding hydrogens is 705 g/mol. The van der Waals surface area contributed by atoms with Crippen LogP contribution in [0.3, 0.4) is 0 Å². The Morgan fingerprint density at radius 3 is 2.22 bits per heavy atom. The van der Waals surface area contributed by atoms with Gasteiger partial charge in [0.15, 0.2) is 5.17 Å². The van der Waals surface area contributed by atoms with Crippen molar-refractivity contribution in [3.63, 3.8) is 0 Å². The number of carboxylic acid groups (broad SMARTS) is 1. The number of nitrogens with one attached hydrogen (secondary N) is 2. The molecule has 3 unspecified atom stereocenters. The number of amidine groups is 1. The second-order valence-corrected chi connectivity index (χ2v) is 15.0. The molecule has 3 N–H and O–H groups in total.